The molecule has 8 fully saturated rings. The first-order chi connectivity index (χ1) is 16.8. The summed E-state index contributed by atoms with van der Waals surface area (Å²) in [5, 5.41) is 6.01. The van der Waals surface area contributed by atoms with E-state index in [9.17, 15) is 0 Å². The Morgan fingerprint density at radius 1 is 0.441 bits per heavy atom. The molecule has 8 aliphatic carbocycles. The molecular formula is C34H38. The molecule has 174 valence electrons. The van der Waals surface area contributed by atoms with Crippen LogP contribution in [0.15, 0.2) is 48.5 Å². The van der Waals surface area contributed by atoms with Crippen LogP contribution in [0.5, 0.6) is 0 Å². The molecule has 0 aliphatic heterocycles. The fourth-order valence-electron chi connectivity index (χ4n) is 11.5. The molecule has 0 aromatic heterocycles. The second kappa shape index (κ2) is 6.89. The van der Waals surface area contributed by atoms with Gasteiger partial charge >= 0.3 is 0 Å². The van der Waals surface area contributed by atoms with E-state index in [0.717, 1.165) is 59.2 Å². The first-order valence-electron chi connectivity index (χ1n) is 14.7. The van der Waals surface area contributed by atoms with E-state index in [2.05, 4.69) is 48.5 Å². The van der Waals surface area contributed by atoms with E-state index in [0.29, 0.717) is 0 Å². The van der Waals surface area contributed by atoms with Crippen molar-refractivity contribution in [2.24, 2.45) is 47.3 Å². The zero-order chi connectivity index (χ0) is 22.0. The molecule has 0 N–H and O–H groups in total. The Morgan fingerprint density at radius 2 is 0.941 bits per heavy atom. The van der Waals surface area contributed by atoms with Crippen molar-refractivity contribution < 1.29 is 0 Å². The fraction of sp³-hybridized carbons (Fsp3) is 0.588. The maximum absolute atomic E-state index is 2.67. The molecule has 0 heteroatoms. The molecule has 0 saturated heterocycles. The fourth-order valence-corrected chi connectivity index (χ4v) is 11.5. The summed E-state index contributed by atoms with van der Waals surface area (Å²) in [5.74, 6) is 9.81. The molecule has 3 aromatic rings. The van der Waals surface area contributed by atoms with Gasteiger partial charge in [0, 0.05) is 0 Å². The lowest BCUT2D eigenvalue weighted by Crippen LogP contribution is -2.46. The zero-order valence-corrected chi connectivity index (χ0v) is 20.5. The van der Waals surface area contributed by atoms with Gasteiger partial charge in [-0.05, 0) is 168 Å². The molecule has 0 amide bonds. The van der Waals surface area contributed by atoms with E-state index in [1.807, 2.05) is 11.1 Å². The third-order valence-electron chi connectivity index (χ3n) is 12.1. The Hall–Kier alpha value is -1.82. The minimum Gasteiger partial charge on any atom is -0.0616 e. The van der Waals surface area contributed by atoms with Crippen LogP contribution in [0, 0.1) is 47.3 Å². The van der Waals surface area contributed by atoms with Crippen molar-refractivity contribution in [1.82, 2.24) is 0 Å². The SMILES string of the molecule is c1ccc2cc3c(C4C5CC6CC(C5)CC4C6)c(C4C5CC6CC(C5)CC4C6)ccc3cc2c1. The Morgan fingerprint density at radius 3 is 1.50 bits per heavy atom. The number of rotatable bonds is 2. The van der Waals surface area contributed by atoms with Gasteiger partial charge < -0.3 is 0 Å². The summed E-state index contributed by atoms with van der Waals surface area (Å²) in [7, 11) is 0. The number of hydrogen-bond acceptors (Lipinski definition) is 0. The van der Waals surface area contributed by atoms with Crippen molar-refractivity contribution >= 4 is 21.5 Å². The first-order valence-corrected chi connectivity index (χ1v) is 14.7. The van der Waals surface area contributed by atoms with Crippen molar-refractivity contribution in [3.63, 3.8) is 0 Å². The summed E-state index contributed by atoms with van der Waals surface area (Å²) in [5.41, 5.74) is 3.71. The topological polar surface area (TPSA) is 0 Å². The summed E-state index contributed by atoms with van der Waals surface area (Å²) >= 11 is 0. The van der Waals surface area contributed by atoms with Gasteiger partial charge in [0.25, 0.3) is 0 Å². The van der Waals surface area contributed by atoms with E-state index in [4.69, 9.17) is 0 Å². The zero-order valence-electron chi connectivity index (χ0n) is 20.5. The minimum atomic E-state index is 0.838. The smallest absolute Gasteiger partial charge is 0.00959 e. The number of benzene rings is 3. The normalized spacial score (nSPS) is 43.9. The van der Waals surface area contributed by atoms with Gasteiger partial charge in [0.05, 0.1) is 0 Å². The van der Waals surface area contributed by atoms with Gasteiger partial charge in [-0.25, -0.2) is 0 Å². The lowest BCUT2D eigenvalue weighted by molar-refractivity contribution is -0.0108. The van der Waals surface area contributed by atoms with Crippen LogP contribution in [0.1, 0.15) is 87.2 Å². The van der Waals surface area contributed by atoms with Crippen LogP contribution >= 0.6 is 0 Å². The Kier molecular flexibility index (Phi) is 3.93. The molecule has 0 spiro atoms. The lowest BCUT2D eigenvalue weighted by atomic mass is 9.47. The molecule has 8 aliphatic rings. The highest BCUT2D eigenvalue weighted by Gasteiger charge is 2.52. The summed E-state index contributed by atoms with van der Waals surface area (Å²) in [6.07, 6.45) is 15.4. The average Bonchev–Trinajstić information content (AvgIpc) is 2.82. The average molecular weight is 447 g/mol. The van der Waals surface area contributed by atoms with Crippen LogP contribution in [0.2, 0.25) is 0 Å². The van der Waals surface area contributed by atoms with Gasteiger partial charge in [0.1, 0.15) is 0 Å². The van der Waals surface area contributed by atoms with Crippen LogP contribution in [0.3, 0.4) is 0 Å². The van der Waals surface area contributed by atoms with E-state index in [-0.39, 0.29) is 0 Å². The number of fused-ring (bicyclic) bond motifs is 2. The molecule has 8 saturated carbocycles. The van der Waals surface area contributed by atoms with Crippen molar-refractivity contribution in [3.8, 4) is 0 Å². The Bertz CT molecular complexity index is 1240. The molecule has 0 heterocycles. The highest BCUT2D eigenvalue weighted by molar-refractivity contribution is 6.00. The molecule has 0 atom stereocenters. The summed E-state index contributed by atoms with van der Waals surface area (Å²) in [6, 6.07) is 19.4. The first kappa shape index (κ1) is 19.4. The molecule has 0 nitrogen and oxygen atoms in total. The third-order valence-corrected chi connectivity index (χ3v) is 12.1. The largest absolute Gasteiger partial charge is 0.0616 e. The van der Waals surface area contributed by atoms with Crippen molar-refractivity contribution in [1.29, 1.82) is 0 Å². The van der Waals surface area contributed by atoms with Crippen molar-refractivity contribution in [3.05, 3.63) is 59.7 Å². The molecule has 8 bridgehead atoms. The summed E-state index contributed by atoms with van der Waals surface area (Å²) in [6.45, 7) is 0. The Balaban J connectivity index is 1.28. The standard InChI is InChI=1S/C34H38/c1-2-4-24-18-31-25(17-23(24)3-1)5-6-30(32-26-9-19-7-20(11-26)12-27(32)10-19)34(31)33-28-13-21-8-22(15-28)16-29(33)14-21/h1-6,17-22,26-29,32-33H,7-16H2. The maximum Gasteiger partial charge on any atom is -0.00959 e. The van der Waals surface area contributed by atoms with E-state index < -0.39 is 0 Å². The van der Waals surface area contributed by atoms with Crippen LogP contribution < -0.4 is 0 Å². The minimum absolute atomic E-state index is 0.838. The molecule has 11 rings (SSSR count). The van der Waals surface area contributed by atoms with Gasteiger partial charge in [0.2, 0.25) is 0 Å². The van der Waals surface area contributed by atoms with Crippen LogP contribution in [0.4, 0.5) is 0 Å². The predicted molar refractivity (Wildman–Crippen MR) is 141 cm³/mol. The second-order valence-electron chi connectivity index (χ2n) is 13.9. The second-order valence-corrected chi connectivity index (χ2v) is 13.9. The summed E-state index contributed by atoms with van der Waals surface area (Å²) in [4.78, 5) is 0. The van der Waals surface area contributed by atoms with Crippen LogP contribution in [0.25, 0.3) is 21.5 Å². The van der Waals surface area contributed by atoms with Gasteiger partial charge in [-0.1, -0.05) is 36.4 Å². The van der Waals surface area contributed by atoms with Crippen molar-refractivity contribution in [2.75, 3.05) is 0 Å². The van der Waals surface area contributed by atoms with E-state index in [1.54, 1.807) is 18.2 Å². The third kappa shape index (κ3) is 2.67. The van der Waals surface area contributed by atoms with Gasteiger partial charge in [0.15, 0.2) is 0 Å². The predicted octanol–water partition coefficient (Wildman–Crippen LogP) is 9.07. The molecular weight excluding hydrogens is 408 g/mol. The number of hydrogen-bond donors (Lipinski definition) is 0. The summed E-state index contributed by atoms with van der Waals surface area (Å²) < 4.78 is 0. The molecule has 3 aromatic carbocycles. The van der Waals surface area contributed by atoms with Crippen LogP contribution in [-0.2, 0) is 0 Å². The lowest BCUT2D eigenvalue weighted by Gasteiger charge is -2.57. The molecule has 34 heavy (non-hydrogen) atoms. The highest BCUT2D eigenvalue weighted by atomic mass is 14.6. The van der Waals surface area contributed by atoms with Gasteiger partial charge in [-0.3, -0.25) is 0 Å². The highest BCUT2D eigenvalue weighted by Crippen LogP contribution is 2.64. The van der Waals surface area contributed by atoms with Gasteiger partial charge in [-0.15, -0.1) is 0 Å². The van der Waals surface area contributed by atoms with Gasteiger partial charge in [-0.2, -0.15) is 0 Å². The van der Waals surface area contributed by atoms with E-state index in [1.165, 1.54) is 67.5 Å². The molecule has 0 unspecified atom stereocenters. The monoisotopic (exact) mass is 446 g/mol. The Labute approximate surface area is 204 Å². The van der Waals surface area contributed by atoms with Crippen molar-refractivity contribution in [2.45, 2.75) is 76.0 Å². The maximum atomic E-state index is 2.67. The van der Waals surface area contributed by atoms with Crippen LogP contribution in [-0.4, -0.2) is 0 Å². The van der Waals surface area contributed by atoms with E-state index >= 15 is 0 Å². The molecule has 0 radical (unpaired) electrons. The quantitative estimate of drug-likeness (QED) is 0.344.